The lowest BCUT2D eigenvalue weighted by Gasteiger charge is -2.08. The van der Waals surface area contributed by atoms with Crippen LogP contribution in [0.4, 0.5) is 0 Å². The Balaban J connectivity index is 2.15. The van der Waals surface area contributed by atoms with Gasteiger partial charge in [-0.1, -0.05) is 13.8 Å². The third kappa shape index (κ3) is 1.58. The summed E-state index contributed by atoms with van der Waals surface area (Å²) >= 11 is 0. The highest BCUT2D eigenvalue weighted by Crippen LogP contribution is 2.24. The number of aromatic amines is 1. The second kappa shape index (κ2) is 3.46. The maximum absolute atomic E-state index is 4.45. The van der Waals surface area contributed by atoms with Gasteiger partial charge in [0.25, 0.3) is 0 Å². The van der Waals surface area contributed by atoms with Gasteiger partial charge in [-0.15, -0.1) is 0 Å². The molecule has 1 fully saturated rings. The number of H-pyrrole nitrogens is 1. The van der Waals surface area contributed by atoms with Gasteiger partial charge in [-0.25, -0.2) is 4.98 Å². The first-order valence-corrected chi connectivity index (χ1v) is 4.93. The largest absolute Gasteiger partial charge is 0.316 e. The summed E-state index contributed by atoms with van der Waals surface area (Å²) in [6.45, 7) is 6.43. The fourth-order valence-electron chi connectivity index (χ4n) is 1.79. The van der Waals surface area contributed by atoms with E-state index in [1.807, 2.05) is 0 Å². The van der Waals surface area contributed by atoms with Crippen molar-refractivity contribution in [2.24, 2.45) is 5.92 Å². The van der Waals surface area contributed by atoms with Gasteiger partial charge in [-0.05, 0) is 12.5 Å². The molecule has 4 nitrogen and oxygen atoms in total. The zero-order chi connectivity index (χ0) is 9.26. The van der Waals surface area contributed by atoms with Crippen molar-refractivity contribution in [2.45, 2.75) is 26.2 Å². The van der Waals surface area contributed by atoms with E-state index in [-0.39, 0.29) is 0 Å². The summed E-state index contributed by atoms with van der Waals surface area (Å²) in [4.78, 5) is 4.45. The summed E-state index contributed by atoms with van der Waals surface area (Å²) in [6.07, 6.45) is 0.932. The molecule has 1 aromatic heterocycles. The summed E-state index contributed by atoms with van der Waals surface area (Å²) in [6, 6.07) is 0. The van der Waals surface area contributed by atoms with Crippen molar-refractivity contribution < 1.29 is 0 Å². The standard InChI is InChI=1S/C9H16N4/c1-3-8-11-9(13-12-8)7-5-10-4-6(7)2/h6-7,10H,3-5H2,1-2H3,(H,11,12,13). The first-order valence-electron chi connectivity index (χ1n) is 4.93. The minimum Gasteiger partial charge on any atom is -0.316 e. The SMILES string of the molecule is CCc1nc(C2CNCC2C)n[nH]1. The van der Waals surface area contributed by atoms with E-state index in [1.165, 1.54) is 0 Å². The van der Waals surface area contributed by atoms with Gasteiger partial charge in [-0.3, -0.25) is 5.10 Å². The van der Waals surface area contributed by atoms with Crippen molar-refractivity contribution in [3.05, 3.63) is 11.6 Å². The minimum absolute atomic E-state index is 0.497. The molecular weight excluding hydrogens is 164 g/mol. The minimum atomic E-state index is 0.497. The Bertz CT molecular complexity index is 281. The van der Waals surface area contributed by atoms with E-state index in [4.69, 9.17) is 0 Å². The summed E-state index contributed by atoms with van der Waals surface area (Å²) in [5.74, 6) is 3.13. The molecule has 2 atom stereocenters. The van der Waals surface area contributed by atoms with E-state index in [0.717, 1.165) is 31.2 Å². The van der Waals surface area contributed by atoms with Crippen LogP contribution in [0.2, 0.25) is 0 Å². The summed E-state index contributed by atoms with van der Waals surface area (Å²) in [5.41, 5.74) is 0. The zero-order valence-electron chi connectivity index (χ0n) is 8.17. The highest BCUT2D eigenvalue weighted by Gasteiger charge is 2.27. The number of nitrogens with one attached hydrogen (secondary N) is 2. The molecule has 2 rings (SSSR count). The van der Waals surface area contributed by atoms with Gasteiger partial charge in [0, 0.05) is 18.9 Å². The Morgan fingerprint density at radius 3 is 2.85 bits per heavy atom. The fraction of sp³-hybridized carbons (Fsp3) is 0.778. The molecule has 2 unspecified atom stereocenters. The number of hydrogen-bond donors (Lipinski definition) is 2. The number of nitrogens with zero attached hydrogens (tertiary/aromatic N) is 2. The van der Waals surface area contributed by atoms with Gasteiger partial charge >= 0.3 is 0 Å². The predicted molar refractivity (Wildman–Crippen MR) is 50.5 cm³/mol. The third-order valence-corrected chi connectivity index (χ3v) is 2.73. The van der Waals surface area contributed by atoms with E-state index in [2.05, 4.69) is 34.3 Å². The van der Waals surface area contributed by atoms with E-state index in [1.54, 1.807) is 0 Å². The lowest BCUT2D eigenvalue weighted by atomic mass is 9.98. The van der Waals surface area contributed by atoms with Gasteiger partial charge in [0.1, 0.15) is 5.82 Å². The van der Waals surface area contributed by atoms with Gasteiger partial charge < -0.3 is 5.32 Å². The molecule has 1 aliphatic rings. The van der Waals surface area contributed by atoms with Crippen LogP contribution in [0.15, 0.2) is 0 Å². The van der Waals surface area contributed by atoms with Crippen molar-refractivity contribution >= 4 is 0 Å². The fourth-order valence-corrected chi connectivity index (χ4v) is 1.79. The van der Waals surface area contributed by atoms with Crippen molar-refractivity contribution in [3.8, 4) is 0 Å². The lowest BCUT2D eigenvalue weighted by Crippen LogP contribution is -2.09. The molecule has 0 radical (unpaired) electrons. The maximum atomic E-state index is 4.45. The highest BCUT2D eigenvalue weighted by molar-refractivity contribution is 5.03. The molecule has 1 saturated heterocycles. The van der Waals surface area contributed by atoms with Gasteiger partial charge in [0.15, 0.2) is 5.82 Å². The number of hydrogen-bond acceptors (Lipinski definition) is 3. The lowest BCUT2D eigenvalue weighted by molar-refractivity contribution is 0.547. The molecule has 0 amide bonds. The quantitative estimate of drug-likeness (QED) is 0.704. The van der Waals surface area contributed by atoms with E-state index >= 15 is 0 Å². The monoisotopic (exact) mass is 180 g/mol. The zero-order valence-corrected chi connectivity index (χ0v) is 8.17. The van der Waals surface area contributed by atoms with Crippen LogP contribution in [0.3, 0.4) is 0 Å². The molecule has 72 valence electrons. The Kier molecular flexibility index (Phi) is 2.31. The van der Waals surface area contributed by atoms with Crippen molar-refractivity contribution in [1.29, 1.82) is 0 Å². The molecule has 1 aliphatic heterocycles. The van der Waals surface area contributed by atoms with Crippen molar-refractivity contribution in [1.82, 2.24) is 20.5 Å². The molecule has 0 saturated carbocycles. The average Bonchev–Trinajstić information content (AvgIpc) is 2.71. The smallest absolute Gasteiger partial charge is 0.155 e. The average molecular weight is 180 g/mol. The number of aryl methyl sites for hydroxylation is 1. The molecule has 0 bridgehead atoms. The van der Waals surface area contributed by atoms with Crippen LogP contribution in [0, 0.1) is 5.92 Å². The number of aromatic nitrogens is 3. The van der Waals surface area contributed by atoms with Gasteiger partial charge in [-0.2, -0.15) is 5.10 Å². The summed E-state index contributed by atoms with van der Waals surface area (Å²) in [7, 11) is 0. The molecule has 2 N–H and O–H groups in total. The second-order valence-electron chi connectivity index (χ2n) is 3.74. The summed E-state index contributed by atoms with van der Waals surface area (Å²) < 4.78 is 0. The highest BCUT2D eigenvalue weighted by atomic mass is 15.2. The van der Waals surface area contributed by atoms with Crippen LogP contribution in [-0.2, 0) is 6.42 Å². The second-order valence-corrected chi connectivity index (χ2v) is 3.74. The Hall–Kier alpha value is -0.900. The van der Waals surface area contributed by atoms with Crippen LogP contribution in [0.25, 0.3) is 0 Å². The van der Waals surface area contributed by atoms with E-state index in [9.17, 15) is 0 Å². The van der Waals surface area contributed by atoms with Crippen molar-refractivity contribution in [3.63, 3.8) is 0 Å². The predicted octanol–water partition coefficient (Wildman–Crippen LogP) is 0.690. The first kappa shape index (κ1) is 8.69. The van der Waals surface area contributed by atoms with Crippen LogP contribution < -0.4 is 5.32 Å². The molecule has 0 aromatic carbocycles. The first-order chi connectivity index (χ1) is 6.31. The molecule has 0 spiro atoms. The van der Waals surface area contributed by atoms with E-state index in [0.29, 0.717) is 11.8 Å². The Morgan fingerprint density at radius 2 is 2.31 bits per heavy atom. The van der Waals surface area contributed by atoms with Crippen LogP contribution >= 0.6 is 0 Å². The van der Waals surface area contributed by atoms with E-state index < -0.39 is 0 Å². The van der Waals surface area contributed by atoms with Gasteiger partial charge in [0.2, 0.25) is 0 Å². The molecule has 0 aliphatic carbocycles. The molecule has 2 heterocycles. The van der Waals surface area contributed by atoms with Crippen molar-refractivity contribution in [2.75, 3.05) is 13.1 Å². The van der Waals surface area contributed by atoms with Crippen LogP contribution in [-0.4, -0.2) is 28.3 Å². The topological polar surface area (TPSA) is 53.6 Å². The Morgan fingerprint density at radius 1 is 1.46 bits per heavy atom. The van der Waals surface area contributed by atoms with Crippen LogP contribution in [0.1, 0.15) is 31.4 Å². The summed E-state index contributed by atoms with van der Waals surface area (Å²) in [5, 5.41) is 10.6. The molecular formula is C9H16N4. The van der Waals surface area contributed by atoms with Gasteiger partial charge in [0.05, 0.1) is 0 Å². The Labute approximate surface area is 78.1 Å². The number of rotatable bonds is 2. The molecule has 1 aromatic rings. The van der Waals surface area contributed by atoms with Crippen LogP contribution in [0.5, 0.6) is 0 Å². The molecule has 4 heteroatoms. The maximum Gasteiger partial charge on any atom is 0.155 e. The molecule has 13 heavy (non-hydrogen) atoms. The third-order valence-electron chi connectivity index (χ3n) is 2.73. The normalized spacial score (nSPS) is 28.2.